The average molecular weight is 260 g/mol. The molecule has 0 aliphatic rings. The van der Waals surface area contributed by atoms with Crippen molar-refractivity contribution in [2.75, 3.05) is 7.11 Å². The largest absolute Gasteiger partial charge is 0.496 e. The first-order valence-corrected chi connectivity index (χ1v) is 6.16. The lowest BCUT2D eigenvalue weighted by Crippen LogP contribution is -1.97. The van der Waals surface area contributed by atoms with Gasteiger partial charge in [0.15, 0.2) is 0 Å². The maximum atomic E-state index is 5.53. The first-order valence-electron chi connectivity index (χ1n) is 5.75. The molecule has 1 N–H and O–H groups in total. The highest BCUT2D eigenvalue weighted by Gasteiger charge is 2.13. The molecule has 1 aromatic carbocycles. The number of hydrogen-bond acceptors (Lipinski definition) is 3. The number of ether oxygens (including phenoxy) is 1. The molecule has 2 aromatic rings. The first-order chi connectivity index (χ1) is 8.56. The highest BCUT2D eigenvalue weighted by Crippen LogP contribution is 2.34. The summed E-state index contributed by atoms with van der Waals surface area (Å²) >= 11 is 5.21. The fourth-order valence-electron chi connectivity index (χ4n) is 2.00. The second-order valence-electron chi connectivity index (χ2n) is 4.30. The van der Waals surface area contributed by atoms with Gasteiger partial charge in [0, 0.05) is 11.1 Å². The van der Waals surface area contributed by atoms with Gasteiger partial charge in [-0.05, 0) is 38.0 Å². The van der Waals surface area contributed by atoms with Gasteiger partial charge < -0.3 is 9.72 Å². The van der Waals surface area contributed by atoms with Crippen LogP contribution in [-0.4, -0.2) is 17.1 Å². The number of benzene rings is 1. The van der Waals surface area contributed by atoms with Crippen molar-refractivity contribution in [1.82, 2.24) is 9.97 Å². The fraction of sp³-hybridized carbons (Fsp3) is 0.286. The lowest BCUT2D eigenvalue weighted by atomic mass is 10.0. The molecule has 0 aliphatic carbocycles. The molecule has 1 heterocycles. The van der Waals surface area contributed by atoms with Gasteiger partial charge >= 0.3 is 0 Å². The van der Waals surface area contributed by atoms with E-state index in [4.69, 9.17) is 17.0 Å². The lowest BCUT2D eigenvalue weighted by molar-refractivity contribution is 0.413. The minimum atomic E-state index is 0.615. The molecule has 1 aromatic heterocycles. The Labute approximate surface area is 112 Å². The monoisotopic (exact) mass is 260 g/mol. The van der Waals surface area contributed by atoms with Crippen LogP contribution in [0.25, 0.3) is 11.3 Å². The van der Waals surface area contributed by atoms with Gasteiger partial charge in [-0.2, -0.15) is 0 Å². The standard InChI is InChI=1S/C14H16N2OS/c1-8-5-6-11(13(17-4)9(8)2)12-10(3)14(18)16-7-15-12/h5-7H,1-4H3,(H,15,16,18). The molecule has 2 rings (SSSR count). The minimum Gasteiger partial charge on any atom is -0.496 e. The zero-order valence-corrected chi connectivity index (χ0v) is 11.8. The molecule has 3 nitrogen and oxygen atoms in total. The SMILES string of the molecule is COc1c(-c2[nH]cnc(=S)c2C)ccc(C)c1C. The Hall–Kier alpha value is -1.68. The normalized spacial score (nSPS) is 10.4. The molecule has 94 valence electrons. The van der Waals surface area contributed by atoms with Crippen LogP contribution in [0.4, 0.5) is 0 Å². The van der Waals surface area contributed by atoms with E-state index in [0.717, 1.165) is 28.1 Å². The molecule has 18 heavy (non-hydrogen) atoms. The van der Waals surface area contributed by atoms with Crippen molar-refractivity contribution >= 4 is 12.2 Å². The van der Waals surface area contributed by atoms with E-state index in [1.54, 1.807) is 13.4 Å². The Morgan fingerprint density at radius 2 is 1.89 bits per heavy atom. The van der Waals surface area contributed by atoms with Crippen molar-refractivity contribution in [2.45, 2.75) is 20.8 Å². The summed E-state index contributed by atoms with van der Waals surface area (Å²) in [6.45, 7) is 6.10. The van der Waals surface area contributed by atoms with E-state index < -0.39 is 0 Å². The van der Waals surface area contributed by atoms with Gasteiger partial charge in [-0.3, -0.25) is 0 Å². The Kier molecular flexibility index (Phi) is 3.48. The minimum absolute atomic E-state index is 0.615. The Balaban J connectivity index is 2.76. The van der Waals surface area contributed by atoms with E-state index in [2.05, 4.69) is 35.9 Å². The molecule has 0 saturated carbocycles. The molecule has 0 aliphatic heterocycles. The molecule has 4 heteroatoms. The maximum absolute atomic E-state index is 5.53. The van der Waals surface area contributed by atoms with E-state index in [1.165, 1.54) is 5.56 Å². The van der Waals surface area contributed by atoms with Crippen molar-refractivity contribution in [3.8, 4) is 17.0 Å². The summed E-state index contributed by atoms with van der Waals surface area (Å²) in [4.78, 5) is 7.24. The van der Waals surface area contributed by atoms with Crippen LogP contribution in [0, 0.1) is 25.4 Å². The molecule has 0 radical (unpaired) electrons. The number of aryl methyl sites for hydroxylation is 1. The smallest absolute Gasteiger partial charge is 0.132 e. The topological polar surface area (TPSA) is 37.9 Å². The number of aromatic amines is 1. The van der Waals surface area contributed by atoms with Crippen LogP contribution >= 0.6 is 12.2 Å². The van der Waals surface area contributed by atoms with Gasteiger partial charge in [0.1, 0.15) is 10.4 Å². The summed E-state index contributed by atoms with van der Waals surface area (Å²) in [5, 5.41) is 0. The van der Waals surface area contributed by atoms with Crippen LogP contribution in [-0.2, 0) is 0 Å². The Bertz CT molecular complexity index is 647. The third-order valence-corrected chi connectivity index (χ3v) is 3.65. The molecular formula is C14H16N2OS. The average Bonchev–Trinajstić information content (AvgIpc) is 2.36. The Morgan fingerprint density at radius 1 is 1.17 bits per heavy atom. The molecule has 0 saturated heterocycles. The zero-order chi connectivity index (χ0) is 13.3. The van der Waals surface area contributed by atoms with E-state index in [9.17, 15) is 0 Å². The van der Waals surface area contributed by atoms with Gasteiger partial charge in [-0.15, -0.1) is 0 Å². The van der Waals surface area contributed by atoms with Crippen molar-refractivity contribution in [1.29, 1.82) is 0 Å². The van der Waals surface area contributed by atoms with Crippen molar-refractivity contribution < 1.29 is 4.74 Å². The molecular weight excluding hydrogens is 244 g/mol. The summed E-state index contributed by atoms with van der Waals surface area (Å²) in [5.41, 5.74) is 5.31. The molecule has 0 fully saturated rings. The predicted molar refractivity (Wildman–Crippen MR) is 75.6 cm³/mol. The molecule has 0 unspecified atom stereocenters. The van der Waals surface area contributed by atoms with Crippen LogP contribution in [0.1, 0.15) is 16.7 Å². The maximum Gasteiger partial charge on any atom is 0.132 e. The van der Waals surface area contributed by atoms with E-state index in [1.807, 2.05) is 6.92 Å². The summed E-state index contributed by atoms with van der Waals surface area (Å²) in [6, 6.07) is 4.14. The van der Waals surface area contributed by atoms with Crippen LogP contribution < -0.4 is 4.74 Å². The van der Waals surface area contributed by atoms with Crippen molar-refractivity contribution in [3.63, 3.8) is 0 Å². The number of nitrogens with zero attached hydrogens (tertiary/aromatic N) is 1. The predicted octanol–water partition coefficient (Wildman–Crippen LogP) is 3.74. The van der Waals surface area contributed by atoms with E-state index >= 15 is 0 Å². The first kappa shape index (κ1) is 12.8. The van der Waals surface area contributed by atoms with Crippen LogP contribution in [0.2, 0.25) is 0 Å². The molecule has 0 spiro atoms. The second kappa shape index (κ2) is 4.90. The number of aromatic nitrogens is 2. The quantitative estimate of drug-likeness (QED) is 0.836. The third kappa shape index (κ3) is 2.04. The van der Waals surface area contributed by atoms with E-state index in [-0.39, 0.29) is 0 Å². The van der Waals surface area contributed by atoms with Crippen LogP contribution in [0.3, 0.4) is 0 Å². The number of hydrogen-bond donors (Lipinski definition) is 1. The molecule has 0 bridgehead atoms. The van der Waals surface area contributed by atoms with Crippen LogP contribution in [0.5, 0.6) is 5.75 Å². The fourth-order valence-corrected chi connectivity index (χ4v) is 2.15. The zero-order valence-electron chi connectivity index (χ0n) is 11.0. The Morgan fingerprint density at radius 3 is 2.56 bits per heavy atom. The van der Waals surface area contributed by atoms with Crippen molar-refractivity contribution in [3.05, 3.63) is 39.8 Å². The van der Waals surface area contributed by atoms with Crippen LogP contribution in [0.15, 0.2) is 18.5 Å². The molecule has 0 amide bonds. The van der Waals surface area contributed by atoms with E-state index in [0.29, 0.717) is 4.64 Å². The number of methoxy groups -OCH3 is 1. The third-order valence-electron chi connectivity index (χ3n) is 3.24. The number of H-pyrrole nitrogens is 1. The van der Waals surface area contributed by atoms with Gasteiger partial charge in [0.25, 0.3) is 0 Å². The summed E-state index contributed by atoms with van der Waals surface area (Å²) < 4.78 is 6.15. The number of rotatable bonds is 2. The molecule has 0 atom stereocenters. The van der Waals surface area contributed by atoms with Gasteiger partial charge in [-0.25, -0.2) is 4.98 Å². The highest BCUT2D eigenvalue weighted by molar-refractivity contribution is 7.71. The van der Waals surface area contributed by atoms with Crippen molar-refractivity contribution in [2.24, 2.45) is 0 Å². The highest BCUT2D eigenvalue weighted by atomic mass is 32.1. The summed E-state index contributed by atoms with van der Waals surface area (Å²) in [7, 11) is 1.69. The summed E-state index contributed by atoms with van der Waals surface area (Å²) in [5.74, 6) is 0.884. The van der Waals surface area contributed by atoms with Gasteiger partial charge in [0.05, 0.1) is 19.1 Å². The van der Waals surface area contributed by atoms with Gasteiger partial charge in [-0.1, -0.05) is 18.3 Å². The van der Waals surface area contributed by atoms with Gasteiger partial charge in [0.2, 0.25) is 0 Å². The number of nitrogens with one attached hydrogen (secondary N) is 1. The second-order valence-corrected chi connectivity index (χ2v) is 4.68. The summed E-state index contributed by atoms with van der Waals surface area (Å²) in [6.07, 6.45) is 1.62. The lowest BCUT2D eigenvalue weighted by Gasteiger charge is -2.14.